The van der Waals surface area contributed by atoms with Crippen molar-refractivity contribution in [3.8, 4) is 0 Å². The predicted molar refractivity (Wildman–Crippen MR) is 76.1 cm³/mol. The highest BCUT2D eigenvalue weighted by molar-refractivity contribution is 5.95. The topological polar surface area (TPSA) is 84.7 Å². The molecule has 1 N–H and O–H groups in total. The van der Waals surface area contributed by atoms with Gasteiger partial charge in [0.15, 0.2) is 0 Å². The molecule has 1 aromatic rings. The Morgan fingerprint density at radius 1 is 1.50 bits per heavy atom. The molecule has 0 aliphatic rings. The molecular weight excluding hydrogens is 262 g/mol. The van der Waals surface area contributed by atoms with Gasteiger partial charge in [-0.3, -0.25) is 14.9 Å². The summed E-state index contributed by atoms with van der Waals surface area (Å²) < 4.78 is 4.92. The number of hydrogen-bond donors (Lipinski definition) is 1. The lowest BCUT2D eigenvalue weighted by Gasteiger charge is -2.17. The minimum Gasteiger partial charge on any atom is -0.385 e. The number of amides is 1. The van der Waals surface area contributed by atoms with Crippen molar-refractivity contribution in [1.29, 1.82) is 0 Å². The molecule has 7 heteroatoms. The largest absolute Gasteiger partial charge is 0.385 e. The Morgan fingerprint density at radius 3 is 2.75 bits per heavy atom. The molecule has 0 spiro atoms. The molecule has 20 heavy (non-hydrogen) atoms. The highest BCUT2D eigenvalue weighted by atomic mass is 16.6. The van der Waals surface area contributed by atoms with Crippen molar-refractivity contribution in [3.05, 3.63) is 33.9 Å². The molecule has 0 atom stereocenters. The third-order valence-electron chi connectivity index (χ3n) is 2.90. The minimum atomic E-state index is -0.506. The zero-order valence-electron chi connectivity index (χ0n) is 11.9. The van der Waals surface area contributed by atoms with Crippen molar-refractivity contribution < 1.29 is 14.5 Å². The number of nitrogens with one attached hydrogen (secondary N) is 1. The molecule has 0 unspecified atom stereocenters. The first-order chi connectivity index (χ1) is 9.51. The van der Waals surface area contributed by atoms with Gasteiger partial charge in [0.25, 0.3) is 11.6 Å². The van der Waals surface area contributed by atoms with Crippen molar-refractivity contribution in [2.75, 3.05) is 39.7 Å². The van der Waals surface area contributed by atoms with Crippen LogP contribution in [0, 0.1) is 10.1 Å². The van der Waals surface area contributed by atoms with Crippen molar-refractivity contribution in [2.24, 2.45) is 0 Å². The predicted octanol–water partition coefficient (Wildman–Crippen LogP) is 1.74. The molecule has 1 aromatic carbocycles. The first-order valence-electron chi connectivity index (χ1n) is 6.21. The maximum absolute atomic E-state index is 12.2. The second-order valence-corrected chi connectivity index (χ2v) is 4.31. The average molecular weight is 281 g/mol. The van der Waals surface area contributed by atoms with Crippen LogP contribution in [0.4, 0.5) is 11.4 Å². The van der Waals surface area contributed by atoms with E-state index >= 15 is 0 Å². The van der Waals surface area contributed by atoms with Gasteiger partial charge in [0.05, 0.1) is 4.92 Å². The molecule has 0 aromatic heterocycles. The van der Waals surface area contributed by atoms with E-state index in [0.717, 1.165) is 6.42 Å². The van der Waals surface area contributed by atoms with Crippen molar-refractivity contribution >= 4 is 17.3 Å². The molecule has 0 radical (unpaired) electrons. The Kier molecular flexibility index (Phi) is 5.92. The summed E-state index contributed by atoms with van der Waals surface area (Å²) in [5.41, 5.74) is 0.577. The number of carbonyl (C=O) groups is 1. The van der Waals surface area contributed by atoms with E-state index in [2.05, 4.69) is 5.32 Å². The first-order valence-corrected chi connectivity index (χ1v) is 6.21. The first kappa shape index (κ1) is 15.9. The SMILES string of the molecule is CNc1ccc(C(=O)N(C)CCCOC)cc1[N+](=O)[O-]. The zero-order valence-corrected chi connectivity index (χ0v) is 11.9. The molecular formula is C13H19N3O4. The van der Waals surface area contributed by atoms with Crippen molar-refractivity contribution in [3.63, 3.8) is 0 Å². The number of anilines is 1. The van der Waals surface area contributed by atoms with E-state index < -0.39 is 4.92 Å². The lowest BCUT2D eigenvalue weighted by Crippen LogP contribution is -2.28. The zero-order chi connectivity index (χ0) is 15.1. The maximum Gasteiger partial charge on any atom is 0.293 e. The van der Waals surface area contributed by atoms with Crippen molar-refractivity contribution in [1.82, 2.24) is 4.90 Å². The fourth-order valence-electron chi connectivity index (χ4n) is 1.80. The summed E-state index contributed by atoms with van der Waals surface area (Å²) in [5, 5.41) is 13.7. The fraction of sp³-hybridized carbons (Fsp3) is 0.462. The number of carbonyl (C=O) groups excluding carboxylic acids is 1. The molecule has 0 bridgehead atoms. The van der Waals surface area contributed by atoms with Gasteiger partial charge in [-0.25, -0.2) is 0 Å². The van der Waals surface area contributed by atoms with Gasteiger partial charge in [-0.05, 0) is 18.6 Å². The van der Waals surface area contributed by atoms with Gasteiger partial charge in [-0.2, -0.15) is 0 Å². The molecule has 0 heterocycles. The molecule has 0 aliphatic carbocycles. The summed E-state index contributed by atoms with van der Waals surface area (Å²) >= 11 is 0. The highest BCUT2D eigenvalue weighted by Crippen LogP contribution is 2.25. The summed E-state index contributed by atoms with van der Waals surface area (Å²) in [6.45, 7) is 1.10. The van der Waals surface area contributed by atoms with Gasteiger partial charge in [0.2, 0.25) is 0 Å². The molecule has 0 saturated carbocycles. The Balaban J connectivity index is 2.88. The monoisotopic (exact) mass is 281 g/mol. The van der Waals surface area contributed by atoms with E-state index in [1.807, 2.05) is 0 Å². The van der Waals surface area contributed by atoms with Crippen LogP contribution in [-0.4, -0.2) is 50.1 Å². The number of benzene rings is 1. The number of hydrogen-bond acceptors (Lipinski definition) is 5. The summed E-state index contributed by atoms with van der Waals surface area (Å²) in [6, 6.07) is 4.41. The van der Waals surface area contributed by atoms with Crippen LogP contribution in [0.3, 0.4) is 0 Å². The van der Waals surface area contributed by atoms with Crippen LogP contribution in [0.2, 0.25) is 0 Å². The molecule has 0 saturated heterocycles. The van der Waals surface area contributed by atoms with E-state index in [9.17, 15) is 14.9 Å². The normalized spacial score (nSPS) is 10.2. The second kappa shape index (κ2) is 7.44. The van der Waals surface area contributed by atoms with Crippen LogP contribution < -0.4 is 5.32 Å². The summed E-state index contributed by atoms with van der Waals surface area (Å²) in [5.74, 6) is -0.244. The number of nitro benzene ring substituents is 1. The lowest BCUT2D eigenvalue weighted by atomic mass is 10.1. The molecule has 7 nitrogen and oxygen atoms in total. The van der Waals surface area contributed by atoms with Crippen LogP contribution in [0.5, 0.6) is 0 Å². The van der Waals surface area contributed by atoms with Gasteiger partial charge in [-0.15, -0.1) is 0 Å². The van der Waals surface area contributed by atoms with E-state index in [0.29, 0.717) is 24.4 Å². The van der Waals surface area contributed by atoms with Gasteiger partial charge in [0.1, 0.15) is 5.69 Å². The number of ether oxygens (including phenoxy) is 1. The van der Waals surface area contributed by atoms with E-state index in [-0.39, 0.29) is 11.6 Å². The molecule has 1 rings (SSSR count). The summed E-state index contributed by atoms with van der Waals surface area (Å²) in [7, 11) is 4.86. The van der Waals surface area contributed by atoms with Crippen LogP contribution >= 0.6 is 0 Å². The average Bonchev–Trinajstić information content (AvgIpc) is 2.45. The standard InChI is InChI=1S/C13H19N3O4/c1-14-11-6-5-10(9-12(11)16(18)19)13(17)15(2)7-4-8-20-3/h5-6,9,14H,4,7-8H2,1-3H3. The van der Waals surface area contributed by atoms with Crippen LogP contribution in [0.1, 0.15) is 16.8 Å². The van der Waals surface area contributed by atoms with Gasteiger partial charge in [-0.1, -0.05) is 0 Å². The molecule has 1 amide bonds. The summed E-state index contributed by atoms with van der Waals surface area (Å²) in [4.78, 5) is 24.1. The van der Waals surface area contributed by atoms with Gasteiger partial charge < -0.3 is 15.0 Å². The number of nitro groups is 1. The Labute approximate surface area is 117 Å². The molecule has 0 fully saturated rings. The number of nitrogens with zero attached hydrogens (tertiary/aromatic N) is 2. The Morgan fingerprint density at radius 2 is 2.20 bits per heavy atom. The second-order valence-electron chi connectivity index (χ2n) is 4.31. The van der Waals surface area contributed by atoms with E-state index in [1.165, 1.54) is 17.0 Å². The highest BCUT2D eigenvalue weighted by Gasteiger charge is 2.18. The van der Waals surface area contributed by atoms with Gasteiger partial charge in [0, 0.05) is 46.0 Å². The van der Waals surface area contributed by atoms with E-state index in [4.69, 9.17) is 4.74 Å². The number of methoxy groups -OCH3 is 1. The smallest absolute Gasteiger partial charge is 0.293 e. The van der Waals surface area contributed by atoms with Gasteiger partial charge >= 0.3 is 0 Å². The van der Waals surface area contributed by atoms with E-state index in [1.54, 1.807) is 27.3 Å². The fourth-order valence-corrected chi connectivity index (χ4v) is 1.80. The molecule has 110 valence electrons. The minimum absolute atomic E-state index is 0.108. The number of rotatable bonds is 7. The lowest BCUT2D eigenvalue weighted by molar-refractivity contribution is -0.384. The van der Waals surface area contributed by atoms with Crippen LogP contribution in [0.25, 0.3) is 0 Å². The third kappa shape index (κ3) is 3.92. The Hall–Kier alpha value is -2.15. The molecule has 0 aliphatic heterocycles. The summed E-state index contributed by atoms with van der Waals surface area (Å²) in [6.07, 6.45) is 0.718. The Bertz CT molecular complexity index is 491. The van der Waals surface area contributed by atoms with Crippen LogP contribution in [0.15, 0.2) is 18.2 Å². The third-order valence-corrected chi connectivity index (χ3v) is 2.90. The quantitative estimate of drug-likeness (QED) is 0.467. The van der Waals surface area contributed by atoms with Crippen molar-refractivity contribution in [2.45, 2.75) is 6.42 Å². The maximum atomic E-state index is 12.2. The van der Waals surface area contributed by atoms with Crippen LogP contribution in [-0.2, 0) is 4.74 Å².